The molecule has 0 aliphatic rings. The van der Waals surface area contributed by atoms with Crippen LogP contribution >= 0.6 is 0 Å². The third-order valence-corrected chi connectivity index (χ3v) is 2.17. The van der Waals surface area contributed by atoms with Crippen LogP contribution in [0, 0.1) is 6.92 Å². The van der Waals surface area contributed by atoms with Crippen molar-refractivity contribution < 1.29 is 4.42 Å². The molecule has 0 atom stereocenters. The summed E-state index contributed by atoms with van der Waals surface area (Å²) in [5.41, 5.74) is 2.29. The summed E-state index contributed by atoms with van der Waals surface area (Å²) < 4.78 is 5.22. The lowest BCUT2D eigenvalue weighted by Gasteiger charge is -2.03. The number of aromatic nitrogens is 1. The number of hydrogen-bond acceptors (Lipinski definition) is 3. The minimum atomic E-state index is 0.758. The highest BCUT2D eigenvalue weighted by molar-refractivity contribution is 5.15. The normalized spacial score (nSPS) is 10.5. The van der Waals surface area contributed by atoms with Crippen LogP contribution in [0.5, 0.6) is 0 Å². The lowest BCUT2D eigenvalue weighted by Crippen LogP contribution is -2.12. The Hall–Kier alpha value is -1.61. The molecule has 0 amide bonds. The van der Waals surface area contributed by atoms with Crippen LogP contribution in [-0.4, -0.2) is 4.98 Å². The van der Waals surface area contributed by atoms with Crippen LogP contribution < -0.4 is 5.32 Å². The second kappa shape index (κ2) is 4.75. The SMILES string of the molecule is Cc1cc(CNCc2ccco2)ccn1. The van der Waals surface area contributed by atoms with Gasteiger partial charge in [-0.2, -0.15) is 0 Å². The largest absolute Gasteiger partial charge is 0.468 e. The van der Waals surface area contributed by atoms with Gasteiger partial charge in [0.05, 0.1) is 12.8 Å². The van der Waals surface area contributed by atoms with Gasteiger partial charge in [-0.05, 0) is 36.8 Å². The Morgan fingerprint density at radius 1 is 1.33 bits per heavy atom. The molecule has 0 bridgehead atoms. The molecule has 0 aliphatic heterocycles. The number of nitrogens with one attached hydrogen (secondary N) is 1. The molecule has 3 heteroatoms. The minimum absolute atomic E-state index is 0.758. The van der Waals surface area contributed by atoms with Gasteiger partial charge in [0, 0.05) is 18.4 Å². The first-order valence-corrected chi connectivity index (χ1v) is 4.99. The topological polar surface area (TPSA) is 38.1 Å². The number of hydrogen-bond donors (Lipinski definition) is 1. The molecular formula is C12H14N2O. The quantitative estimate of drug-likeness (QED) is 0.826. The van der Waals surface area contributed by atoms with E-state index in [4.69, 9.17) is 4.42 Å². The summed E-state index contributed by atoms with van der Waals surface area (Å²) >= 11 is 0. The third-order valence-electron chi connectivity index (χ3n) is 2.17. The van der Waals surface area contributed by atoms with Gasteiger partial charge in [0.15, 0.2) is 0 Å². The van der Waals surface area contributed by atoms with Crippen LogP contribution in [0.15, 0.2) is 41.1 Å². The van der Waals surface area contributed by atoms with E-state index in [9.17, 15) is 0 Å². The second-order valence-electron chi connectivity index (χ2n) is 3.49. The fourth-order valence-corrected chi connectivity index (χ4v) is 1.46. The first kappa shape index (κ1) is 9.93. The van der Waals surface area contributed by atoms with Crippen molar-refractivity contribution in [3.8, 4) is 0 Å². The zero-order valence-corrected chi connectivity index (χ0v) is 8.73. The van der Waals surface area contributed by atoms with Crippen molar-refractivity contribution in [3.05, 3.63) is 53.7 Å². The molecule has 2 rings (SSSR count). The highest BCUT2D eigenvalue weighted by Gasteiger charge is 1.96. The van der Waals surface area contributed by atoms with E-state index in [0.717, 1.165) is 24.5 Å². The average Bonchev–Trinajstić information content (AvgIpc) is 2.71. The zero-order chi connectivity index (χ0) is 10.5. The summed E-state index contributed by atoms with van der Waals surface area (Å²) in [6, 6.07) is 7.95. The van der Waals surface area contributed by atoms with E-state index in [1.807, 2.05) is 31.3 Å². The van der Waals surface area contributed by atoms with Crippen molar-refractivity contribution in [1.82, 2.24) is 10.3 Å². The number of pyridine rings is 1. The highest BCUT2D eigenvalue weighted by atomic mass is 16.3. The summed E-state index contributed by atoms with van der Waals surface area (Å²) in [6.45, 7) is 3.59. The van der Waals surface area contributed by atoms with Crippen molar-refractivity contribution >= 4 is 0 Å². The molecule has 2 heterocycles. The maximum absolute atomic E-state index is 5.22. The van der Waals surface area contributed by atoms with Gasteiger partial charge in [0.1, 0.15) is 5.76 Å². The molecule has 0 fully saturated rings. The molecule has 0 aliphatic carbocycles. The third kappa shape index (κ3) is 2.92. The van der Waals surface area contributed by atoms with Crippen LogP contribution in [0.4, 0.5) is 0 Å². The van der Waals surface area contributed by atoms with E-state index >= 15 is 0 Å². The lowest BCUT2D eigenvalue weighted by atomic mass is 10.2. The molecule has 0 aromatic carbocycles. The molecule has 2 aromatic heterocycles. The molecule has 0 unspecified atom stereocenters. The fourth-order valence-electron chi connectivity index (χ4n) is 1.46. The first-order valence-electron chi connectivity index (χ1n) is 4.99. The van der Waals surface area contributed by atoms with Crippen molar-refractivity contribution in [2.24, 2.45) is 0 Å². The molecule has 0 spiro atoms. The Morgan fingerprint density at radius 2 is 2.27 bits per heavy atom. The molecular weight excluding hydrogens is 188 g/mol. The van der Waals surface area contributed by atoms with E-state index in [0.29, 0.717) is 0 Å². The number of nitrogens with zero attached hydrogens (tertiary/aromatic N) is 1. The summed E-state index contributed by atoms with van der Waals surface area (Å²) in [5.74, 6) is 0.959. The Kier molecular flexibility index (Phi) is 3.15. The van der Waals surface area contributed by atoms with E-state index in [2.05, 4.69) is 16.4 Å². The first-order chi connectivity index (χ1) is 7.34. The molecule has 0 saturated heterocycles. The predicted octanol–water partition coefficient (Wildman–Crippen LogP) is 2.27. The Balaban J connectivity index is 1.83. The molecule has 3 nitrogen and oxygen atoms in total. The van der Waals surface area contributed by atoms with Crippen LogP contribution in [0.1, 0.15) is 17.0 Å². The van der Waals surface area contributed by atoms with Crippen LogP contribution in [0.25, 0.3) is 0 Å². The molecule has 2 aromatic rings. The highest BCUT2D eigenvalue weighted by Crippen LogP contribution is 2.02. The van der Waals surface area contributed by atoms with E-state index in [-0.39, 0.29) is 0 Å². The Bertz CT molecular complexity index is 409. The average molecular weight is 202 g/mol. The van der Waals surface area contributed by atoms with E-state index in [1.54, 1.807) is 6.26 Å². The molecule has 78 valence electrons. The summed E-state index contributed by atoms with van der Waals surface area (Å²) in [4.78, 5) is 4.15. The van der Waals surface area contributed by atoms with Gasteiger partial charge < -0.3 is 9.73 Å². The second-order valence-corrected chi connectivity index (χ2v) is 3.49. The number of aryl methyl sites for hydroxylation is 1. The van der Waals surface area contributed by atoms with Gasteiger partial charge >= 0.3 is 0 Å². The standard InChI is InChI=1S/C12H14N2O/c1-10-7-11(4-5-14-10)8-13-9-12-3-2-6-15-12/h2-7,13H,8-9H2,1H3. The van der Waals surface area contributed by atoms with Gasteiger partial charge in [0.2, 0.25) is 0 Å². The van der Waals surface area contributed by atoms with Crippen molar-refractivity contribution in [1.29, 1.82) is 0 Å². The Morgan fingerprint density at radius 3 is 3.00 bits per heavy atom. The molecule has 0 saturated carbocycles. The maximum atomic E-state index is 5.22. The van der Waals surface area contributed by atoms with E-state index in [1.165, 1.54) is 5.56 Å². The number of furan rings is 1. The predicted molar refractivity (Wildman–Crippen MR) is 58.2 cm³/mol. The van der Waals surface area contributed by atoms with Crippen molar-refractivity contribution in [3.63, 3.8) is 0 Å². The number of rotatable bonds is 4. The van der Waals surface area contributed by atoms with Crippen LogP contribution in [-0.2, 0) is 13.1 Å². The zero-order valence-electron chi connectivity index (χ0n) is 8.73. The summed E-state index contributed by atoms with van der Waals surface area (Å²) in [6.07, 6.45) is 3.52. The maximum Gasteiger partial charge on any atom is 0.117 e. The fraction of sp³-hybridized carbons (Fsp3) is 0.250. The monoisotopic (exact) mass is 202 g/mol. The Labute approximate surface area is 89.1 Å². The molecule has 15 heavy (non-hydrogen) atoms. The smallest absolute Gasteiger partial charge is 0.117 e. The van der Waals surface area contributed by atoms with E-state index < -0.39 is 0 Å². The van der Waals surface area contributed by atoms with Gasteiger partial charge in [-0.15, -0.1) is 0 Å². The van der Waals surface area contributed by atoms with Gasteiger partial charge in [-0.3, -0.25) is 4.98 Å². The van der Waals surface area contributed by atoms with Gasteiger partial charge in [0.25, 0.3) is 0 Å². The van der Waals surface area contributed by atoms with Gasteiger partial charge in [-0.1, -0.05) is 0 Å². The van der Waals surface area contributed by atoms with Crippen molar-refractivity contribution in [2.45, 2.75) is 20.0 Å². The van der Waals surface area contributed by atoms with Crippen LogP contribution in [0.2, 0.25) is 0 Å². The van der Waals surface area contributed by atoms with Gasteiger partial charge in [-0.25, -0.2) is 0 Å². The molecule has 0 radical (unpaired) electrons. The molecule has 1 N–H and O–H groups in total. The van der Waals surface area contributed by atoms with Crippen LogP contribution in [0.3, 0.4) is 0 Å². The summed E-state index contributed by atoms with van der Waals surface area (Å²) in [5, 5.41) is 3.31. The summed E-state index contributed by atoms with van der Waals surface area (Å²) in [7, 11) is 0. The van der Waals surface area contributed by atoms with Crippen molar-refractivity contribution in [2.75, 3.05) is 0 Å². The lowest BCUT2D eigenvalue weighted by molar-refractivity contribution is 0.483. The minimum Gasteiger partial charge on any atom is -0.468 e.